The first-order chi connectivity index (χ1) is 12.3. The van der Waals surface area contributed by atoms with Gasteiger partial charge in [0.1, 0.15) is 11.5 Å². The molecule has 1 atom stereocenters. The quantitative estimate of drug-likeness (QED) is 0.800. The number of carbonyl (C=O) groups excluding carboxylic acids is 1. The second-order valence-corrected chi connectivity index (χ2v) is 6.96. The van der Waals surface area contributed by atoms with Gasteiger partial charge in [-0.3, -0.25) is 9.48 Å². The van der Waals surface area contributed by atoms with Gasteiger partial charge < -0.3 is 4.57 Å². The lowest BCUT2D eigenvalue weighted by molar-refractivity contribution is 0.0961. The number of fused-ring (bicyclic) bond motifs is 1. The van der Waals surface area contributed by atoms with Crippen molar-refractivity contribution in [3.63, 3.8) is 0 Å². The molecule has 2 aromatic rings. The van der Waals surface area contributed by atoms with Crippen LogP contribution >= 0.6 is 0 Å². The van der Waals surface area contributed by atoms with E-state index in [-0.39, 0.29) is 11.8 Å². The van der Waals surface area contributed by atoms with Crippen LogP contribution in [0.5, 0.6) is 0 Å². The van der Waals surface area contributed by atoms with Gasteiger partial charge in [-0.05, 0) is 31.7 Å². The van der Waals surface area contributed by atoms with Crippen molar-refractivity contribution in [2.75, 3.05) is 0 Å². The zero-order valence-corrected chi connectivity index (χ0v) is 14.3. The minimum Gasteiger partial charge on any atom is -0.313 e. The van der Waals surface area contributed by atoms with Gasteiger partial charge in [-0.2, -0.15) is 10.4 Å². The van der Waals surface area contributed by atoms with Gasteiger partial charge in [-0.25, -0.2) is 0 Å². The number of hydrogen-bond donors (Lipinski definition) is 0. The number of aryl methyl sites for hydroxylation is 1. The van der Waals surface area contributed by atoms with Crippen LogP contribution in [-0.4, -0.2) is 30.3 Å². The van der Waals surface area contributed by atoms with Crippen molar-refractivity contribution < 1.29 is 4.79 Å². The number of hydrogen-bond acceptors (Lipinski definition) is 5. The fourth-order valence-electron chi connectivity index (χ4n) is 4.05. The smallest absolute Gasteiger partial charge is 0.205 e. The van der Waals surface area contributed by atoms with E-state index in [1.165, 1.54) is 0 Å². The van der Waals surface area contributed by atoms with Crippen molar-refractivity contribution in [3.8, 4) is 6.07 Å². The largest absolute Gasteiger partial charge is 0.313 e. The molecule has 4 rings (SSSR count). The maximum Gasteiger partial charge on any atom is 0.205 e. The summed E-state index contributed by atoms with van der Waals surface area (Å²) >= 11 is 0. The van der Waals surface area contributed by atoms with E-state index in [0.717, 1.165) is 63.7 Å². The first kappa shape index (κ1) is 16.0. The van der Waals surface area contributed by atoms with Crippen molar-refractivity contribution >= 4 is 5.78 Å². The summed E-state index contributed by atoms with van der Waals surface area (Å²) in [6.45, 7) is 0.783. The molecule has 7 heteroatoms. The van der Waals surface area contributed by atoms with Gasteiger partial charge in [-0.15, -0.1) is 10.2 Å². The molecule has 0 unspecified atom stereocenters. The zero-order valence-electron chi connectivity index (χ0n) is 14.3. The summed E-state index contributed by atoms with van der Waals surface area (Å²) in [5.41, 5.74) is 0.518. The van der Waals surface area contributed by atoms with Gasteiger partial charge in [0.15, 0.2) is 11.7 Å². The fraction of sp³-hybridized carbons (Fsp3) is 0.611. The van der Waals surface area contributed by atoms with Crippen molar-refractivity contribution in [3.05, 3.63) is 29.6 Å². The van der Waals surface area contributed by atoms with E-state index < -0.39 is 5.92 Å². The first-order valence-corrected chi connectivity index (χ1v) is 9.19. The highest BCUT2D eigenvalue weighted by Gasteiger charge is 2.32. The van der Waals surface area contributed by atoms with Gasteiger partial charge in [-0.1, -0.05) is 19.3 Å². The molecule has 1 fully saturated rings. The normalized spacial score (nSPS) is 19.2. The van der Waals surface area contributed by atoms with E-state index in [1.807, 2.05) is 9.25 Å². The maximum atomic E-state index is 13.1. The molecule has 1 aliphatic carbocycles. The van der Waals surface area contributed by atoms with E-state index in [9.17, 15) is 10.1 Å². The number of Topliss-reactive ketones (excluding diaryl/α,β-unsaturated/α-hetero) is 1. The molecular formula is C18H22N6O. The van der Waals surface area contributed by atoms with Crippen LogP contribution in [0.15, 0.2) is 12.3 Å². The highest BCUT2D eigenvalue weighted by Crippen LogP contribution is 2.31. The molecule has 0 radical (unpaired) electrons. The summed E-state index contributed by atoms with van der Waals surface area (Å²) in [4.78, 5) is 13.1. The molecule has 2 aliphatic rings. The van der Waals surface area contributed by atoms with Gasteiger partial charge in [0, 0.05) is 19.2 Å². The van der Waals surface area contributed by atoms with Crippen LogP contribution in [-0.2, 0) is 13.0 Å². The minimum atomic E-state index is -0.920. The first-order valence-electron chi connectivity index (χ1n) is 9.19. The number of ketones is 1. The van der Waals surface area contributed by atoms with E-state index in [1.54, 1.807) is 12.3 Å². The fourth-order valence-corrected chi connectivity index (χ4v) is 4.05. The molecule has 2 aromatic heterocycles. The molecule has 0 N–H and O–H groups in total. The molecule has 7 nitrogen and oxygen atoms in total. The Morgan fingerprint density at radius 3 is 2.84 bits per heavy atom. The molecule has 3 heterocycles. The van der Waals surface area contributed by atoms with Gasteiger partial charge in [0.2, 0.25) is 5.78 Å². The Morgan fingerprint density at radius 2 is 2.04 bits per heavy atom. The number of carbonyl (C=O) groups is 1. The van der Waals surface area contributed by atoms with Crippen molar-refractivity contribution in [2.45, 2.75) is 69.9 Å². The molecule has 130 valence electrons. The van der Waals surface area contributed by atoms with E-state index in [2.05, 4.69) is 21.4 Å². The summed E-state index contributed by atoms with van der Waals surface area (Å²) in [6.07, 6.45) is 10.2. The average molecular weight is 338 g/mol. The summed E-state index contributed by atoms with van der Waals surface area (Å²) in [7, 11) is 0. The predicted molar refractivity (Wildman–Crippen MR) is 90.0 cm³/mol. The molecule has 0 bridgehead atoms. The summed E-state index contributed by atoms with van der Waals surface area (Å²) < 4.78 is 3.80. The second kappa shape index (κ2) is 6.79. The van der Waals surface area contributed by atoms with E-state index in [0.29, 0.717) is 11.5 Å². The van der Waals surface area contributed by atoms with Crippen LogP contribution in [0.4, 0.5) is 0 Å². The lowest BCUT2D eigenvalue weighted by Gasteiger charge is -2.15. The van der Waals surface area contributed by atoms with E-state index in [4.69, 9.17) is 0 Å². The van der Waals surface area contributed by atoms with Gasteiger partial charge in [0.25, 0.3) is 0 Å². The average Bonchev–Trinajstić information content (AvgIpc) is 3.34. The lowest BCUT2D eigenvalue weighted by atomic mass is 10.0. The third-order valence-electron chi connectivity index (χ3n) is 5.38. The van der Waals surface area contributed by atoms with Crippen molar-refractivity contribution in [1.82, 2.24) is 24.5 Å². The zero-order chi connectivity index (χ0) is 17.2. The molecule has 0 saturated heterocycles. The monoisotopic (exact) mass is 338 g/mol. The second-order valence-electron chi connectivity index (χ2n) is 6.96. The molecule has 1 saturated carbocycles. The third-order valence-corrected chi connectivity index (χ3v) is 5.38. The highest BCUT2D eigenvalue weighted by atomic mass is 16.1. The number of nitriles is 1. The van der Waals surface area contributed by atoms with Crippen LogP contribution in [0.25, 0.3) is 0 Å². The van der Waals surface area contributed by atoms with Crippen molar-refractivity contribution in [1.29, 1.82) is 5.26 Å². The minimum absolute atomic E-state index is 0.216. The molecular weight excluding hydrogens is 316 g/mol. The highest BCUT2D eigenvalue weighted by molar-refractivity contribution is 6.01. The Hall–Kier alpha value is -2.49. The van der Waals surface area contributed by atoms with Crippen LogP contribution in [0.3, 0.4) is 0 Å². The molecule has 25 heavy (non-hydrogen) atoms. The van der Waals surface area contributed by atoms with Crippen LogP contribution < -0.4 is 0 Å². The van der Waals surface area contributed by atoms with Gasteiger partial charge >= 0.3 is 0 Å². The standard InChI is InChI=1S/C18H22N6O/c19-12-14(18-22-21-16-8-2-1-5-11-23(16)18)17(25)15-9-10-20-24(15)13-6-3-4-7-13/h9-10,13-14H,1-8,11H2/t14-/m1/s1. The van der Waals surface area contributed by atoms with Crippen LogP contribution in [0, 0.1) is 11.3 Å². The van der Waals surface area contributed by atoms with Crippen molar-refractivity contribution in [2.24, 2.45) is 0 Å². The number of nitrogens with zero attached hydrogens (tertiary/aromatic N) is 6. The Bertz CT molecular complexity index is 808. The summed E-state index contributed by atoms with van der Waals surface area (Å²) in [5.74, 6) is 0.246. The lowest BCUT2D eigenvalue weighted by Crippen LogP contribution is -2.22. The SMILES string of the molecule is N#C[C@H](C(=O)c1ccnn1C1CCCC1)c1nnc2n1CCCCC2. The Labute approximate surface area is 146 Å². The van der Waals surface area contributed by atoms with Gasteiger partial charge in [0.05, 0.1) is 12.1 Å². The van der Waals surface area contributed by atoms with E-state index >= 15 is 0 Å². The Morgan fingerprint density at radius 1 is 1.20 bits per heavy atom. The van der Waals surface area contributed by atoms with Crippen LogP contribution in [0.1, 0.15) is 79.0 Å². The Balaban J connectivity index is 1.66. The molecule has 0 aromatic carbocycles. The molecule has 0 amide bonds. The maximum absolute atomic E-state index is 13.1. The summed E-state index contributed by atoms with van der Waals surface area (Å²) in [6, 6.07) is 4.16. The molecule has 1 aliphatic heterocycles. The Kier molecular flexibility index (Phi) is 4.35. The predicted octanol–water partition coefficient (Wildman–Crippen LogP) is 2.81. The molecule has 0 spiro atoms. The number of aromatic nitrogens is 5. The van der Waals surface area contributed by atoms with Crippen LogP contribution in [0.2, 0.25) is 0 Å². The topological polar surface area (TPSA) is 89.4 Å². The number of rotatable bonds is 4. The third kappa shape index (κ3) is 2.86. The summed E-state index contributed by atoms with van der Waals surface area (Å²) in [5, 5.41) is 22.5.